The van der Waals surface area contributed by atoms with Crippen molar-refractivity contribution in [3.63, 3.8) is 0 Å². The van der Waals surface area contributed by atoms with Crippen molar-refractivity contribution < 1.29 is 9.59 Å². The predicted molar refractivity (Wildman–Crippen MR) is 128 cm³/mol. The van der Waals surface area contributed by atoms with Crippen molar-refractivity contribution in [2.24, 2.45) is 0 Å². The first-order chi connectivity index (χ1) is 14.9. The van der Waals surface area contributed by atoms with E-state index in [-0.39, 0.29) is 0 Å². The van der Waals surface area contributed by atoms with Crippen molar-refractivity contribution in [2.45, 2.75) is 26.3 Å². The van der Waals surface area contributed by atoms with E-state index in [0.29, 0.717) is 36.5 Å². The molecule has 2 amide bonds. The minimum absolute atomic E-state index is 0.392. The summed E-state index contributed by atoms with van der Waals surface area (Å²) in [6.07, 6.45) is 13.0. The van der Waals surface area contributed by atoms with Crippen molar-refractivity contribution in [3.05, 3.63) is 65.5 Å². The molecule has 2 heterocycles. The van der Waals surface area contributed by atoms with Gasteiger partial charge in [0, 0.05) is 49.6 Å². The molecule has 0 N–H and O–H groups in total. The van der Waals surface area contributed by atoms with Crippen LogP contribution in [0.3, 0.4) is 0 Å². The summed E-state index contributed by atoms with van der Waals surface area (Å²) in [5.74, 6) is 0.165. The second kappa shape index (κ2) is 12.0. The molecule has 0 atom stereocenters. The van der Waals surface area contributed by atoms with Gasteiger partial charge in [-0.2, -0.15) is 5.10 Å². The van der Waals surface area contributed by atoms with Gasteiger partial charge in [0.15, 0.2) is 5.82 Å². The highest BCUT2D eigenvalue weighted by Gasteiger charge is 2.28. The number of aromatic nitrogens is 3. The first-order valence-corrected chi connectivity index (χ1v) is 10.8. The van der Waals surface area contributed by atoms with Crippen LogP contribution in [0.4, 0.5) is 5.82 Å². The normalized spacial score (nSPS) is 11.5. The quantitative estimate of drug-likeness (QED) is 0.347. The molecule has 0 saturated heterocycles. The van der Waals surface area contributed by atoms with Gasteiger partial charge in [0.1, 0.15) is 5.56 Å². The number of aryl methyl sites for hydroxylation is 1. The fraction of sp³-hybridized carbons (Fsp3) is 0.304. The zero-order valence-electron chi connectivity index (χ0n) is 18.2. The standard InChI is InChI=1S/C23H28BrN5O2/c1-5-7-9-19(24)10-8-16-29-21(18-11-13-25-14-12-18)20(23(31)28(4)17-30)22(26-29)27(3)15-6-2/h5,7,9-14,17H,1,6,8,15-16H2,2-4H3/b9-7-,19-10+. The lowest BCUT2D eigenvalue weighted by Crippen LogP contribution is -2.28. The zero-order valence-corrected chi connectivity index (χ0v) is 19.7. The SMILES string of the molecule is C=C/C=C\C(Br)=C/CCn1nc(N(C)CCC)c(C(=O)N(C)C=O)c1-c1ccncc1. The number of halogens is 1. The molecule has 164 valence electrons. The summed E-state index contributed by atoms with van der Waals surface area (Å²) in [5, 5.41) is 4.78. The van der Waals surface area contributed by atoms with Gasteiger partial charge in [0.2, 0.25) is 6.41 Å². The van der Waals surface area contributed by atoms with Gasteiger partial charge in [-0.05, 0) is 31.1 Å². The lowest BCUT2D eigenvalue weighted by Gasteiger charge is -2.18. The Morgan fingerprint density at radius 2 is 2.00 bits per heavy atom. The molecule has 2 aromatic heterocycles. The third-order valence-electron chi connectivity index (χ3n) is 4.57. The molecule has 0 radical (unpaired) electrons. The summed E-state index contributed by atoms with van der Waals surface area (Å²) < 4.78 is 2.77. The van der Waals surface area contributed by atoms with Crippen LogP contribution in [0.2, 0.25) is 0 Å². The van der Waals surface area contributed by atoms with E-state index >= 15 is 0 Å². The first-order valence-electron chi connectivity index (χ1n) is 10.0. The highest BCUT2D eigenvalue weighted by atomic mass is 79.9. The Labute approximate surface area is 191 Å². The van der Waals surface area contributed by atoms with Gasteiger partial charge >= 0.3 is 0 Å². The Morgan fingerprint density at radius 1 is 1.29 bits per heavy atom. The van der Waals surface area contributed by atoms with Crippen molar-refractivity contribution in [1.82, 2.24) is 19.7 Å². The van der Waals surface area contributed by atoms with E-state index in [4.69, 9.17) is 5.10 Å². The van der Waals surface area contributed by atoms with Crippen LogP contribution < -0.4 is 4.90 Å². The number of rotatable bonds is 11. The monoisotopic (exact) mass is 485 g/mol. The van der Waals surface area contributed by atoms with Gasteiger partial charge in [-0.1, -0.05) is 47.7 Å². The molecule has 8 heteroatoms. The van der Waals surface area contributed by atoms with E-state index < -0.39 is 5.91 Å². The second-order valence-electron chi connectivity index (χ2n) is 6.92. The number of hydrogen-bond acceptors (Lipinski definition) is 5. The van der Waals surface area contributed by atoms with Gasteiger partial charge in [-0.25, -0.2) is 0 Å². The van der Waals surface area contributed by atoms with E-state index in [1.165, 1.54) is 7.05 Å². The van der Waals surface area contributed by atoms with Crippen LogP contribution in [-0.2, 0) is 11.3 Å². The number of pyridine rings is 1. The van der Waals surface area contributed by atoms with Crippen LogP contribution in [0, 0.1) is 0 Å². The van der Waals surface area contributed by atoms with Crippen molar-refractivity contribution in [3.8, 4) is 11.3 Å². The number of hydrogen-bond donors (Lipinski definition) is 0. The number of allylic oxidation sites excluding steroid dienone is 5. The van der Waals surface area contributed by atoms with Crippen molar-refractivity contribution in [2.75, 3.05) is 25.5 Å². The molecular weight excluding hydrogens is 458 g/mol. The van der Waals surface area contributed by atoms with E-state index in [0.717, 1.165) is 27.9 Å². The smallest absolute Gasteiger partial charge is 0.266 e. The Hall–Kier alpha value is -3.00. The van der Waals surface area contributed by atoms with E-state index in [1.807, 2.05) is 47.0 Å². The number of amides is 2. The summed E-state index contributed by atoms with van der Waals surface area (Å²) in [5.41, 5.74) is 1.90. The molecule has 0 aliphatic heterocycles. The minimum Gasteiger partial charge on any atom is -0.358 e. The summed E-state index contributed by atoms with van der Waals surface area (Å²) in [6.45, 7) is 7.02. The molecule has 2 aromatic rings. The molecule has 0 aliphatic rings. The maximum atomic E-state index is 13.2. The van der Waals surface area contributed by atoms with Gasteiger partial charge in [-0.3, -0.25) is 24.2 Å². The average Bonchev–Trinajstić information content (AvgIpc) is 3.16. The number of carbonyl (C=O) groups excluding carboxylic acids is 2. The Balaban J connectivity index is 2.60. The minimum atomic E-state index is -0.392. The third kappa shape index (κ3) is 6.24. The molecule has 0 aliphatic carbocycles. The van der Waals surface area contributed by atoms with Crippen molar-refractivity contribution in [1.29, 1.82) is 0 Å². The maximum absolute atomic E-state index is 13.2. The van der Waals surface area contributed by atoms with E-state index in [9.17, 15) is 9.59 Å². The summed E-state index contributed by atoms with van der Waals surface area (Å²) in [4.78, 5) is 31.6. The van der Waals surface area contributed by atoms with Gasteiger partial charge in [0.05, 0.1) is 5.69 Å². The van der Waals surface area contributed by atoms with Crippen LogP contribution in [-0.4, -0.2) is 52.6 Å². The van der Waals surface area contributed by atoms with Crippen LogP contribution in [0.5, 0.6) is 0 Å². The topological polar surface area (TPSA) is 71.3 Å². The van der Waals surface area contributed by atoms with Gasteiger partial charge in [0.25, 0.3) is 5.91 Å². The molecule has 0 bridgehead atoms. The van der Waals surface area contributed by atoms with Crippen molar-refractivity contribution >= 4 is 34.1 Å². The number of imide groups is 1. The lowest BCUT2D eigenvalue weighted by atomic mass is 10.1. The highest BCUT2D eigenvalue weighted by Crippen LogP contribution is 2.32. The molecule has 31 heavy (non-hydrogen) atoms. The van der Waals surface area contributed by atoms with Crippen LogP contribution in [0.25, 0.3) is 11.3 Å². The summed E-state index contributed by atoms with van der Waals surface area (Å²) >= 11 is 3.51. The molecule has 0 saturated carbocycles. The Bertz CT molecular complexity index is 966. The molecular formula is C23H28BrN5O2. The Morgan fingerprint density at radius 3 is 2.61 bits per heavy atom. The molecule has 0 fully saturated rings. The van der Waals surface area contributed by atoms with E-state index in [1.54, 1.807) is 18.5 Å². The van der Waals surface area contributed by atoms with Crippen LogP contribution in [0.1, 0.15) is 30.1 Å². The maximum Gasteiger partial charge on any atom is 0.266 e. The Kier molecular flexibility index (Phi) is 9.40. The number of nitrogens with zero attached hydrogens (tertiary/aromatic N) is 5. The fourth-order valence-corrected chi connectivity index (χ4v) is 3.48. The number of anilines is 1. The zero-order chi connectivity index (χ0) is 22.8. The molecule has 0 unspecified atom stereocenters. The van der Waals surface area contributed by atoms with E-state index in [2.05, 4.69) is 34.4 Å². The largest absolute Gasteiger partial charge is 0.358 e. The van der Waals surface area contributed by atoms with Gasteiger partial charge in [-0.15, -0.1) is 0 Å². The van der Waals surface area contributed by atoms with Gasteiger partial charge < -0.3 is 4.90 Å². The first kappa shape index (κ1) is 24.3. The summed E-state index contributed by atoms with van der Waals surface area (Å²) in [6, 6.07) is 3.68. The van der Waals surface area contributed by atoms with Crippen LogP contribution >= 0.6 is 15.9 Å². The lowest BCUT2D eigenvalue weighted by molar-refractivity contribution is -0.115. The number of carbonyl (C=O) groups is 2. The highest BCUT2D eigenvalue weighted by molar-refractivity contribution is 9.11. The molecule has 7 nitrogen and oxygen atoms in total. The molecule has 2 rings (SSSR count). The van der Waals surface area contributed by atoms with Crippen LogP contribution in [0.15, 0.2) is 59.9 Å². The molecule has 0 aromatic carbocycles. The predicted octanol–water partition coefficient (Wildman–Crippen LogP) is 4.43. The third-order valence-corrected chi connectivity index (χ3v) is 5.16. The molecule has 0 spiro atoms. The average molecular weight is 486 g/mol. The fourth-order valence-electron chi connectivity index (χ4n) is 3.10. The second-order valence-corrected chi connectivity index (χ2v) is 7.84. The summed E-state index contributed by atoms with van der Waals surface area (Å²) in [7, 11) is 3.36.